The first kappa shape index (κ1) is 11.5. The van der Waals surface area contributed by atoms with Crippen LogP contribution < -0.4 is 0 Å². The van der Waals surface area contributed by atoms with Gasteiger partial charge in [0.1, 0.15) is 6.10 Å². The smallest absolute Gasteiger partial charge is 0.339 e. The van der Waals surface area contributed by atoms with Crippen LogP contribution in [0.3, 0.4) is 0 Å². The van der Waals surface area contributed by atoms with Crippen molar-refractivity contribution in [2.45, 2.75) is 25.0 Å². The number of benzene rings is 1. The van der Waals surface area contributed by atoms with Gasteiger partial charge in [-0.15, -0.1) is 0 Å². The quantitative estimate of drug-likeness (QED) is 0.655. The molecule has 18 heavy (non-hydrogen) atoms. The second-order valence-electron chi connectivity index (χ2n) is 5.07. The summed E-state index contributed by atoms with van der Waals surface area (Å²) >= 11 is 0. The van der Waals surface area contributed by atoms with E-state index in [4.69, 9.17) is 4.74 Å². The number of esters is 1. The van der Waals surface area contributed by atoms with Crippen molar-refractivity contribution < 1.29 is 14.6 Å². The Balaban J connectivity index is 1.63. The standard InChI is InChI=1S/C15H16O3/c16-14(11-4-2-1-3-5-11)15(17)18-13-9-10-6-7-12(13)8-10/h1-7,10,12-14,16H,8-9H2/t10-,12+,13-,14+/m1/s1. The van der Waals surface area contributed by atoms with Gasteiger partial charge in [-0.25, -0.2) is 4.79 Å². The van der Waals surface area contributed by atoms with Crippen molar-refractivity contribution in [1.82, 2.24) is 0 Å². The van der Waals surface area contributed by atoms with E-state index in [9.17, 15) is 9.90 Å². The van der Waals surface area contributed by atoms with E-state index in [0.29, 0.717) is 17.4 Å². The van der Waals surface area contributed by atoms with Crippen LogP contribution in [-0.4, -0.2) is 17.2 Å². The van der Waals surface area contributed by atoms with Crippen LogP contribution >= 0.6 is 0 Å². The first-order chi connectivity index (χ1) is 8.74. The Bertz CT molecular complexity index is 466. The Kier molecular flexibility index (Phi) is 2.92. The topological polar surface area (TPSA) is 46.5 Å². The zero-order valence-electron chi connectivity index (χ0n) is 10.0. The largest absolute Gasteiger partial charge is 0.460 e. The number of hydrogen-bond acceptors (Lipinski definition) is 3. The van der Waals surface area contributed by atoms with Crippen LogP contribution in [0.4, 0.5) is 0 Å². The van der Waals surface area contributed by atoms with Gasteiger partial charge >= 0.3 is 5.97 Å². The Morgan fingerprint density at radius 1 is 1.22 bits per heavy atom. The van der Waals surface area contributed by atoms with Crippen LogP contribution in [0.25, 0.3) is 0 Å². The van der Waals surface area contributed by atoms with Crippen LogP contribution in [-0.2, 0) is 9.53 Å². The van der Waals surface area contributed by atoms with Crippen molar-refractivity contribution in [3.05, 3.63) is 48.0 Å². The minimum atomic E-state index is -1.17. The van der Waals surface area contributed by atoms with E-state index >= 15 is 0 Å². The van der Waals surface area contributed by atoms with E-state index < -0.39 is 12.1 Å². The van der Waals surface area contributed by atoms with Gasteiger partial charge in [0, 0.05) is 5.92 Å². The number of carbonyl (C=O) groups excluding carboxylic acids is 1. The SMILES string of the molecule is O=C(O[C@@H]1C[C@@H]2C=C[C@H]1C2)[C@@H](O)c1ccccc1. The van der Waals surface area contributed by atoms with Crippen molar-refractivity contribution in [3.8, 4) is 0 Å². The fourth-order valence-corrected chi connectivity index (χ4v) is 2.85. The highest BCUT2D eigenvalue weighted by Gasteiger charge is 2.39. The molecule has 1 N–H and O–H groups in total. The number of aliphatic hydroxyl groups excluding tert-OH is 1. The Hall–Kier alpha value is -1.61. The van der Waals surface area contributed by atoms with Crippen LogP contribution in [0, 0.1) is 11.8 Å². The maximum atomic E-state index is 11.9. The molecule has 94 valence electrons. The number of hydrogen-bond donors (Lipinski definition) is 1. The monoisotopic (exact) mass is 244 g/mol. The Morgan fingerprint density at radius 3 is 2.61 bits per heavy atom. The Morgan fingerprint density at radius 2 is 2.00 bits per heavy atom. The summed E-state index contributed by atoms with van der Waals surface area (Å²) < 4.78 is 5.42. The highest BCUT2D eigenvalue weighted by atomic mass is 16.6. The highest BCUT2D eigenvalue weighted by Crippen LogP contribution is 2.41. The molecule has 2 bridgehead atoms. The van der Waals surface area contributed by atoms with Gasteiger partial charge in [0.05, 0.1) is 0 Å². The average molecular weight is 244 g/mol. The molecule has 1 aromatic rings. The zero-order valence-corrected chi connectivity index (χ0v) is 10.0. The van der Waals surface area contributed by atoms with E-state index in [1.807, 2.05) is 6.07 Å². The number of rotatable bonds is 3. The van der Waals surface area contributed by atoms with E-state index in [1.54, 1.807) is 24.3 Å². The number of carbonyl (C=O) groups is 1. The maximum Gasteiger partial charge on any atom is 0.339 e. The minimum Gasteiger partial charge on any atom is -0.460 e. The van der Waals surface area contributed by atoms with Gasteiger partial charge in [-0.05, 0) is 24.3 Å². The van der Waals surface area contributed by atoms with E-state index in [1.165, 1.54) is 0 Å². The third-order valence-corrected chi connectivity index (χ3v) is 3.82. The van der Waals surface area contributed by atoms with Crippen molar-refractivity contribution in [1.29, 1.82) is 0 Å². The van der Waals surface area contributed by atoms with Gasteiger partial charge in [0.2, 0.25) is 0 Å². The van der Waals surface area contributed by atoms with Gasteiger partial charge in [0.25, 0.3) is 0 Å². The third-order valence-electron chi connectivity index (χ3n) is 3.82. The predicted molar refractivity (Wildman–Crippen MR) is 66.6 cm³/mol. The zero-order chi connectivity index (χ0) is 12.5. The van der Waals surface area contributed by atoms with Crippen LogP contribution in [0.1, 0.15) is 24.5 Å². The van der Waals surface area contributed by atoms with Gasteiger partial charge in [-0.1, -0.05) is 42.5 Å². The molecule has 3 rings (SSSR count). The number of allylic oxidation sites excluding steroid dienone is 1. The van der Waals surface area contributed by atoms with Crippen molar-refractivity contribution in [2.24, 2.45) is 11.8 Å². The summed E-state index contributed by atoms with van der Waals surface area (Å²) in [6.07, 6.45) is 5.08. The van der Waals surface area contributed by atoms with Gasteiger partial charge in [-0.2, -0.15) is 0 Å². The molecule has 0 aromatic heterocycles. The average Bonchev–Trinajstić information content (AvgIpc) is 3.01. The molecule has 0 spiro atoms. The molecule has 4 atom stereocenters. The Labute approximate surface area is 106 Å². The highest BCUT2D eigenvalue weighted by molar-refractivity contribution is 5.76. The summed E-state index contributed by atoms with van der Waals surface area (Å²) in [4.78, 5) is 11.9. The van der Waals surface area contributed by atoms with Crippen LogP contribution in [0.5, 0.6) is 0 Å². The third kappa shape index (κ3) is 2.06. The summed E-state index contributed by atoms with van der Waals surface area (Å²) in [5.41, 5.74) is 0.584. The van der Waals surface area contributed by atoms with E-state index in [0.717, 1.165) is 12.8 Å². The summed E-state index contributed by atoms with van der Waals surface area (Å²) in [5.74, 6) is 0.371. The lowest BCUT2D eigenvalue weighted by molar-refractivity contribution is -0.160. The summed E-state index contributed by atoms with van der Waals surface area (Å²) in [6, 6.07) is 8.90. The number of aliphatic hydroxyl groups is 1. The van der Waals surface area contributed by atoms with Gasteiger partial charge < -0.3 is 9.84 Å². The predicted octanol–water partition coefficient (Wildman–Crippen LogP) is 2.23. The normalized spacial score (nSPS) is 30.4. The van der Waals surface area contributed by atoms with Gasteiger partial charge in [-0.3, -0.25) is 0 Å². The van der Waals surface area contributed by atoms with E-state index in [-0.39, 0.29) is 6.10 Å². The first-order valence-corrected chi connectivity index (χ1v) is 6.36. The molecule has 2 aliphatic rings. The van der Waals surface area contributed by atoms with Gasteiger partial charge in [0.15, 0.2) is 6.10 Å². The molecule has 0 aliphatic heterocycles. The molecule has 1 fully saturated rings. The fraction of sp³-hybridized carbons (Fsp3) is 0.400. The first-order valence-electron chi connectivity index (χ1n) is 6.36. The molecule has 1 aromatic carbocycles. The molecular weight excluding hydrogens is 228 g/mol. The molecule has 2 aliphatic carbocycles. The minimum absolute atomic E-state index is 0.0501. The second kappa shape index (κ2) is 4.58. The lowest BCUT2D eigenvalue weighted by Crippen LogP contribution is -2.26. The molecule has 0 unspecified atom stereocenters. The summed E-state index contributed by atoms with van der Waals surface area (Å²) in [7, 11) is 0. The molecule has 3 nitrogen and oxygen atoms in total. The van der Waals surface area contributed by atoms with Crippen molar-refractivity contribution in [2.75, 3.05) is 0 Å². The number of ether oxygens (including phenoxy) is 1. The second-order valence-corrected chi connectivity index (χ2v) is 5.07. The lowest BCUT2D eigenvalue weighted by atomic mass is 10.0. The molecule has 0 saturated heterocycles. The maximum absolute atomic E-state index is 11.9. The molecule has 0 radical (unpaired) electrons. The molecule has 1 saturated carbocycles. The molecule has 0 amide bonds. The number of fused-ring (bicyclic) bond motifs is 2. The molecule has 0 heterocycles. The molecular formula is C15H16O3. The van der Waals surface area contributed by atoms with Crippen molar-refractivity contribution in [3.63, 3.8) is 0 Å². The van der Waals surface area contributed by atoms with E-state index in [2.05, 4.69) is 12.2 Å². The van der Waals surface area contributed by atoms with Crippen molar-refractivity contribution >= 4 is 5.97 Å². The fourth-order valence-electron chi connectivity index (χ4n) is 2.85. The summed E-state index contributed by atoms with van der Waals surface area (Å²) in [5, 5.41) is 9.93. The lowest BCUT2D eigenvalue weighted by Gasteiger charge is -2.20. The van der Waals surface area contributed by atoms with Crippen LogP contribution in [0.15, 0.2) is 42.5 Å². The summed E-state index contributed by atoms with van der Waals surface area (Å²) in [6.45, 7) is 0. The van der Waals surface area contributed by atoms with Crippen LogP contribution in [0.2, 0.25) is 0 Å². The molecule has 3 heteroatoms.